The fraction of sp³-hybridized carbons (Fsp3) is 0.273. The van der Waals surface area contributed by atoms with Crippen LogP contribution in [0.1, 0.15) is 0 Å². The van der Waals surface area contributed by atoms with Crippen molar-refractivity contribution in [3.63, 3.8) is 0 Å². The molecular formula is C22H23ClN6O. The Kier molecular flexibility index (Phi) is 4.84. The highest BCUT2D eigenvalue weighted by Crippen LogP contribution is 2.40. The monoisotopic (exact) mass is 422 g/mol. The van der Waals surface area contributed by atoms with Gasteiger partial charge in [-0.2, -0.15) is 4.98 Å². The van der Waals surface area contributed by atoms with Crippen LogP contribution in [-0.2, 0) is 0 Å². The van der Waals surface area contributed by atoms with Crippen LogP contribution in [0.15, 0.2) is 54.7 Å². The highest BCUT2D eigenvalue weighted by Gasteiger charge is 2.47. The minimum Gasteiger partial charge on any atom is -0.494 e. The SMILES string of the molecule is COc1cc(N2CC3(CNC3)C2)ccc1Nc1ncc(Cl)c(Nc2ccccc2)n1. The van der Waals surface area contributed by atoms with Crippen LogP contribution in [0.2, 0.25) is 5.02 Å². The van der Waals surface area contributed by atoms with Crippen LogP contribution in [0.3, 0.4) is 0 Å². The predicted octanol–water partition coefficient (Wildman–Crippen LogP) is 4.04. The van der Waals surface area contributed by atoms with Gasteiger partial charge in [0.2, 0.25) is 5.95 Å². The van der Waals surface area contributed by atoms with E-state index in [1.54, 1.807) is 13.3 Å². The second kappa shape index (κ2) is 7.66. The average molecular weight is 423 g/mol. The first kappa shape index (κ1) is 19.0. The Labute approximate surface area is 180 Å². The smallest absolute Gasteiger partial charge is 0.229 e. The number of anilines is 5. The van der Waals surface area contributed by atoms with Gasteiger partial charge < -0.3 is 25.6 Å². The van der Waals surface area contributed by atoms with Gasteiger partial charge in [0.15, 0.2) is 5.82 Å². The van der Waals surface area contributed by atoms with Gasteiger partial charge in [-0.3, -0.25) is 0 Å². The first-order chi connectivity index (χ1) is 14.6. The third kappa shape index (κ3) is 3.62. The fourth-order valence-electron chi connectivity index (χ4n) is 3.92. The maximum atomic E-state index is 6.28. The minimum absolute atomic E-state index is 0.437. The summed E-state index contributed by atoms with van der Waals surface area (Å²) in [7, 11) is 1.67. The molecule has 154 valence electrons. The van der Waals surface area contributed by atoms with Gasteiger partial charge in [-0.15, -0.1) is 0 Å². The maximum Gasteiger partial charge on any atom is 0.229 e. The molecule has 0 unspecified atom stereocenters. The van der Waals surface area contributed by atoms with E-state index in [0.29, 0.717) is 22.2 Å². The van der Waals surface area contributed by atoms with Gasteiger partial charge in [-0.25, -0.2) is 4.98 Å². The summed E-state index contributed by atoms with van der Waals surface area (Å²) in [6.45, 7) is 4.41. The molecule has 0 bridgehead atoms. The Bertz CT molecular complexity index is 1050. The van der Waals surface area contributed by atoms with Crippen molar-refractivity contribution >= 4 is 40.4 Å². The molecule has 3 aromatic rings. The molecule has 0 radical (unpaired) electrons. The highest BCUT2D eigenvalue weighted by atomic mass is 35.5. The summed E-state index contributed by atoms with van der Waals surface area (Å²) >= 11 is 6.28. The number of ether oxygens (including phenoxy) is 1. The Balaban J connectivity index is 1.33. The molecule has 0 atom stereocenters. The van der Waals surface area contributed by atoms with E-state index in [9.17, 15) is 0 Å². The van der Waals surface area contributed by atoms with Gasteiger partial charge in [0.1, 0.15) is 10.8 Å². The first-order valence-corrected chi connectivity index (χ1v) is 10.3. The first-order valence-electron chi connectivity index (χ1n) is 9.90. The lowest BCUT2D eigenvalue weighted by molar-refractivity contribution is 0.121. The molecule has 8 heteroatoms. The summed E-state index contributed by atoms with van der Waals surface area (Å²) in [5.74, 6) is 1.72. The number of rotatable bonds is 6. The topological polar surface area (TPSA) is 74.3 Å². The second-order valence-corrected chi connectivity index (χ2v) is 8.26. The van der Waals surface area contributed by atoms with E-state index in [2.05, 4.69) is 43.0 Å². The lowest BCUT2D eigenvalue weighted by Crippen LogP contribution is -2.71. The molecular weight excluding hydrogens is 400 g/mol. The molecule has 2 aliphatic rings. The van der Waals surface area contributed by atoms with Crippen LogP contribution in [0.5, 0.6) is 5.75 Å². The van der Waals surface area contributed by atoms with Crippen LogP contribution in [0.25, 0.3) is 0 Å². The molecule has 2 aromatic carbocycles. The lowest BCUT2D eigenvalue weighted by Gasteiger charge is -2.57. The molecule has 0 aliphatic carbocycles. The van der Waals surface area contributed by atoms with Crippen molar-refractivity contribution in [3.05, 3.63) is 59.8 Å². The average Bonchev–Trinajstić information content (AvgIpc) is 2.70. The third-order valence-electron chi connectivity index (χ3n) is 5.63. The molecule has 0 amide bonds. The summed E-state index contributed by atoms with van der Waals surface area (Å²) < 4.78 is 5.62. The molecule has 2 fully saturated rings. The number of benzene rings is 2. The Morgan fingerprint density at radius 1 is 1.10 bits per heavy atom. The summed E-state index contributed by atoms with van der Waals surface area (Å²) in [5, 5.41) is 10.3. The van der Waals surface area contributed by atoms with E-state index >= 15 is 0 Å². The van der Waals surface area contributed by atoms with Crippen LogP contribution in [-0.4, -0.2) is 43.3 Å². The Hall–Kier alpha value is -3.03. The van der Waals surface area contributed by atoms with Crippen LogP contribution in [0, 0.1) is 5.41 Å². The zero-order valence-electron chi connectivity index (χ0n) is 16.7. The second-order valence-electron chi connectivity index (χ2n) is 7.85. The number of nitrogens with zero attached hydrogens (tertiary/aromatic N) is 3. The zero-order valence-corrected chi connectivity index (χ0v) is 17.4. The minimum atomic E-state index is 0.437. The summed E-state index contributed by atoms with van der Waals surface area (Å²) in [4.78, 5) is 11.2. The molecule has 0 saturated carbocycles. The molecule has 1 aromatic heterocycles. The van der Waals surface area contributed by atoms with Crippen molar-refractivity contribution in [2.45, 2.75) is 0 Å². The van der Waals surface area contributed by atoms with E-state index in [1.807, 2.05) is 36.4 Å². The quantitative estimate of drug-likeness (QED) is 0.553. The summed E-state index contributed by atoms with van der Waals surface area (Å²) in [6, 6.07) is 15.9. The van der Waals surface area contributed by atoms with E-state index < -0.39 is 0 Å². The number of para-hydroxylation sites is 1. The van der Waals surface area contributed by atoms with Gasteiger partial charge in [0, 0.05) is 49.0 Å². The van der Waals surface area contributed by atoms with Gasteiger partial charge in [-0.05, 0) is 24.3 Å². The van der Waals surface area contributed by atoms with Crippen LogP contribution >= 0.6 is 11.6 Å². The van der Waals surface area contributed by atoms with Crippen LogP contribution < -0.4 is 25.6 Å². The van der Waals surface area contributed by atoms with Crippen molar-refractivity contribution in [1.29, 1.82) is 0 Å². The molecule has 3 N–H and O–H groups in total. The number of aromatic nitrogens is 2. The molecule has 7 nitrogen and oxygen atoms in total. The van der Waals surface area contributed by atoms with Crippen molar-refractivity contribution in [2.75, 3.05) is 48.8 Å². The lowest BCUT2D eigenvalue weighted by atomic mass is 9.74. The maximum absolute atomic E-state index is 6.28. The number of nitrogens with one attached hydrogen (secondary N) is 3. The fourth-order valence-corrected chi connectivity index (χ4v) is 4.06. The van der Waals surface area contributed by atoms with Gasteiger partial charge in [-0.1, -0.05) is 29.8 Å². The van der Waals surface area contributed by atoms with Crippen LogP contribution in [0.4, 0.5) is 28.8 Å². The number of hydrogen-bond donors (Lipinski definition) is 3. The predicted molar refractivity (Wildman–Crippen MR) is 121 cm³/mol. The number of halogens is 1. The highest BCUT2D eigenvalue weighted by molar-refractivity contribution is 6.32. The van der Waals surface area contributed by atoms with Gasteiger partial charge >= 0.3 is 0 Å². The Morgan fingerprint density at radius 2 is 1.90 bits per heavy atom. The standard InChI is InChI=1S/C22H23ClN6O/c1-30-19-9-16(29-13-22(14-29)11-24-12-22)7-8-18(19)27-21-25-10-17(23)20(28-21)26-15-5-3-2-4-6-15/h2-10,24H,11-14H2,1H3,(H2,25,26,27,28). The molecule has 5 rings (SSSR count). The molecule has 30 heavy (non-hydrogen) atoms. The molecule has 3 heterocycles. The van der Waals surface area contributed by atoms with Crippen molar-refractivity contribution < 1.29 is 4.74 Å². The summed E-state index contributed by atoms with van der Waals surface area (Å²) in [5.41, 5.74) is 3.34. The van der Waals surface area contributed by atoms with E-state index in [-0.39, 0.29) is 0 Å². The van der Waals surface area contributed by atoms with Gasteiger partial charge in [0.05, 0.1) is 19.0 Å². The number of methoxy groups -OCH3 is 1. The summed E-state index contributed by atoms with van der Waals surface area (Å²) in [6.07, 6.45) is 1.58. The molecule has 1 spiro atoms. The molecule has 2 aliphatic heterocycles. The van der Waals surface area contributed by atoms with Crippen molar-refractivity contribution in [2.24, 2.45) is 5.41 Å². The van der Waals surface area contributed by atoms with Gasteiger partial charge in [0.25, 0.3) is 0 Å². The van der Waals surface area contributed by atoms with Crippen molar-refractivity contribution in [3.8, 4) is 5.75 Å². The zero-order chi connectivity index (χ0) is 20.6. The molecule has 2 saturated heterocycles. The van der Waals surface area contributed by atoms with E-state index in [4.69, 9.17) is 16.3 Å². The normalized spacial score (nSPS) is 16.5. The third-order valence-corrected chi connectivity index (χ3v) is 5.91. The van der Waals surface area contributed by atoms with E-state index in [1.165, 1.54) is 5.69 Å². The Morgan fingerprint density at radius 3 is 2.60 bits per heavy atom. The van der Waals surface area contributed by atoms with E-state index in [0.717, 1.165) is 43.3 Å². The van der Waals surface area contributed by atoms with Crippen molar-refractivity contribution in [1.82, 2.24) is 15.3 Å². The number of hydrogen-bond acceptors (Lipinski definition) is 7. The largest absolute Gasteiger partial charge is 0.494 e.